The number of ether oxygens (including phenoxy) is 3. The van der Waals surface area contributed by atoms with Gasteiger partial charge in [0, 0.05) is 43.9 Å². The summed E-state index contributed by atoms with van der Waals surface area (Å²) in [7, 11) is 4.58. The van der Waals surface area contributed by atoms with E-state index < -0.39 is 27.1 Å². The molecule has 0 unspecified atom stereocenters. The van der Waals surface area contributed by atoms with Crippen molar-refractivity contribution in [1.29, 1.82) is 0 Å². The smallest absolute Gasteiger partial charge is 0.277 e. The number of hydrogen-bond acceptors (Lipinski definition) is 11. The van der Waals surface area contributed by atoms with Crippen molar-refractivity contribution < 1.29 is 28.9 Å². The Balaban J connectivity index is 1.46. The van der Waals surface area contributed by atoms with E-state index in [0.29, 0.717) is 54.9 Å². The second kappa shape index (κ2) is 10.9. The van der Waals surface area contributed by atoms with Crippen LogP contribution in [0.2, 0.25) is 0 Å². The quantitative estimate of drug-likeness (QED) is 0.314. The first-order valence-electron chi connectivity index (χ1n) is 11.4. The Labute approximate surface area is 216 Å². The topological polar surface area (TPSA) is 163 Å². The largest absolute Gasteiger partial charge is 0.493 e. The number of nitrogens with zero attached hydrogens (tertiary/aromatic N) is 6. The molecule has 0 atom stereocenters. The third kappa shape index (κ3) is 5.23. The molecule has 0 aliphatic carbocycles. The number of aromatic nitrogens is 2. The van der Waals surface area contributed by atoms with Crippen molar-refractivity contribution in [3.63, 3.8) is 0 Å². The summed E-state index contributed by atoms with van der Waals surface area (Å²) in [5, 5.41) is 31.0. The molecule has 14 nitrogen and oxygen atoms in total. The van der Waals surface area contributed by atoms with Crippen LogP contribution in [0.3, 0.4) is 0 Å². The summed E-state index contributed by atoms with van der Waals surface area (Å²) in [5.41, 5.74) is 0.190. The van der Waals surface area contributed by atoms with Crippen LogP contribution >= 0.6 is 0 Å². The van der Waals surface area contributed by atoms with Gasteiger partial charge in [0.25, 0.3) is 17.3 Å². The number of piperazine rings is 1. The monoisotopic (exact) mass is 524 g/mol. The molecule has 1 aromatic heterocycles. The molecule has 1 amide bonds. The van der Waals surface area contributed by atoms with Crippen LogP contribution in [0.1, 0.15) is 10.4 Å². The van der Waals surface area contributed by atoms with Crippen LogP contribution in [0, 0.1) is 20.2 Å². The lowest BCUT2D eigenvalue weighted by atomic mass is 10.1. The fourth-order valence-corrected chi connectivity index (χ4v) is 4.13. The standard InChI is InChI=1S/C24H24N6O8/c1-36-20-12-15(13-21(37-2)23(20)38-3)19-4-5-22(26-25-19)27-6-8-28(9-7-27)24(31)16-10-17(29(32)33)14-18(11-16)30(34)35/h4-5,10-14H,6-9H2,1-3H3. The van der Waals surface area contributed by atoms with E-state index in [4.69, 9.17) is 14.2 Å². The van der Waals surface area contributed by atoms with Gasteiger partial charge in [-0.15, -0.1) is 10.2 Å². The van der Waals surface area contributed by atoms with Gasteiger partial charge in [-0.3, -0.25) is 25.0 Å². The lowest BCUT2D eigenvalue weighted by molar-refractivity contribution is -0.394. The zero-order valence-corrected chi connectivity index (χ0v) is 20.8. The van der Waals surface area contributed by atoms with Crippen LogP contribution in [0.5, 0.6) is 17.2 Å². The van der Waals surface area contributed by atoms with Gasteiger partial charge >= 0.3 is 0 Å². The minimum absolute atomic E-state index is 0.103. The highest BCUT2D eigenvalue weighted by atomic mass is 16.6. The average Bonchev–Trinajstić information content (AvgIpc) is 2.95. The summed E-state index contributed by atoms with van der Waals surface area (Å²) in [6, 6.07) is 10.1. The van der Waals surface area contributed by atoms with Crippen LogP contribution in [0.25, 0.3) is 11.3 Å². The van der Waals surface area contributed by atoms with E-state index in [9.17, 15) is 25.0 Å². The number of anilines is 1. The Morgan fingerprint density at radius 3 is 1.84 bits per heavy atom. The Bertz CT molecular complexity index is 1320. The summed E-state index contributed by atoms with van der Waals surface area (Å²) in [5.74, 6) is 1.54. The molecule has 0 radical (unpaired) electrons. The number of nitro groups is 2. The van der Waals surface area contributed by atoms with Crippen LogP contribution < -0.4 is 19.1 Å². The lowest BCUT2D eigenvalue weighted by Gasteiger charge is -2.35. The summed E-state index contributed by atoms with van der Waals surface area (Å²) < 4.78 is 16.1. The number of non-ortho nitro benzene ring substituents is 2. The Kier molecular flexibility index (Phi) is 7.50. The Hall–Kier alpha value is -5.01. The summed E-state index contributed by atoms with van der Waals surface area (Å²) in [6.45, 7) is 1.46. The summed E-state index contributed by atoms with van der Waals surface area (Å²) >= 11 is 0. The van der Waals surface area contributed by atoms with Gasteiger partial charge in [-0.2, -0.15) is 0 Å². The van der Waals surface area contributed by atoms with E-state index in [-0.39, 0.29) is 5.56 Å². The number of methoxy groups -OCH3 is 3. The van der Waals surface area contributed by atoms with Crippen molar-refractivity contribution in [3.05, 3.63) is 68.3 Å². The van der Waals surface area contributed by atoms with Gasteiger partial charge in [0.05, 0.1) is 48.5 Å². The number of hydrogen-bond donors (Lipinski definition) is 0. The third-order valence-corrected chi connectivity index (χ3v) is 6.07. The maximum Gasteiger partial charge on any atom is 0.277 e. The van der Waals surface area contributed by atoms with E-state index in [1.165, 1.54) is 26.2 Å². The SMILES string of the molecule is COc1cc(-c2ccc(N3CCN(C(=O)c4cc([N+](=O)[O-])cc([N+](=O)[O-])c4)CC3)nn2)cc(OC)c1OC. The molecule has 0 saturated carbocycles. The normalized spacial score (nSPS) is 13.1. The minimum Gasteiger partial charge on any atom is -0.493 e. The second-order valence-electron chi connectivity index (χ2n) is 8.22. The van der Waals surface area contributed by atoms with Gasteiger partial charge in [0.1, 0.15) is 0 Å². The van der Waals surface area contributed by atoms with E-state index in [1.54, 1.807) is 12.1 Å². The van der Waals surface area contributed by atoms with Crippen molar-refractivity contribution in [3.8, 4) is 28.5 Å². The van der Waals surface area contributed by atoms with Gasteiger partial charge < -0.3 is 24.0 Å². The molecule has 1 fully saturated rings. The van der Waals surface area contributed by atoms with Gasteiger partial charge in [-0.05, 0) is 24.3 Å². The lowest BCUT2D eigenvalue weighted by Crippen LogP contribution is -2.49. The number of amides is 1. The predicted molar refractivity (Wildman–Crippen MR) is 135 cm³/mol. The van der Waals surface area contributed by atoms with Gasteiger partial charge in [0.15, 0.2) is 17.3 Å². The number of nitro benzene ring substituents is 2. The number of carbonyl (C=O) groups excluding carboxylic acids is 1. The third-order valence-electron chi connectivity index (χ3n) is 6.07. The van der Waals surface area contributed by atoms with Crippen LogP contribution in [0.15, 0.2) is 42.5 Å². The molecule has 2 aromatic carbocycles. The molecule has 38 heavy (non-hydrogen) atoms. The fraction of sp³-hybridized carbons (Fsp3) is 0.292. The highest BCUT2D eigenvalue weighted by molar-refractivity contribution is 5.95. The van der Waals surface area contributed by atoms with E-state index in [1.807, 2.05) is 17.0 Å². The first-order valence-corrected chi connectivity index (χ1v) is 11.4. The molecule has 198 valence electrons. The summed E-state index contributed by atoms with van der Waals surface area (Å²) in [6.07, 6.45) is 0. The fourth-order valence-electron chi connectivity index (χ4n) is 4.13. The van der Waals surface area contributed by atoms with Crippen molar-refractivity contribution in [2.45, 2.75) is 0 Å². The van der Waals surface area contributed by atoms with Crippen molar-refractivity contribution in [2.24, 2.45) is 0 Å². The Morgan fingerprint density at radius 2 is 1.39 bits per heavy atom. The number of rotatable bonds is 8. The highest BCUT2D eigenvalue weighted by Crippen LogP contribution is 2.40. The maximum absolute atomic E-state index is 12.9. The zero-order chi connectivity index (χ0) is 27.4. The molecule has 0 bridgehead atoms. The minimum atomic E-state index is -0.762. The zero-order valence-electron chi connectivity index (χ0n) is 20.8. The van der Waals surface area contributed by atoms with Crippen molar-refractivity contribution in [1.82, 2.24) is 15.1 Å². The molecule has 14 heteroatoms. The van der Waals surface area contributed by atoms with Crippen LogP contribution in [0.4, 0.5) is 17.2 Å². The van der Waals surface area contributed by atoms with Gasteiger partial charge in [0.2, 0.25) is 5.75 Å². The molecular weight excluding hydrogens is 500 g/mol. The van der Waals surface area contributed by atoms with Gasteiger partial charge in [-0.25, -0.2) is 0 Å². The molecular formula is C24H24N6O8. The Morgan fingerprint density at radius 1 is 0.816 bits per heavy atom. The number of benzene rings is 2. The molecule has 0 N–H and O–H groups in total. The highest BCUT2D eigenvalue weighted by Gasteiger charge is 2.27. The molecule has 1 saturated heterocycles. The number of carbonyl (C=O) groups is 1. The second-order valence-corrected chi connectivity index (χ2v) is 8.22. The van der Waals surface area contributed by atoms with Crippen molar-refractivity contribution >= 4 is 23.1 Å². The molecule has 4 rings (SSSR count). The predicted octanol–water partition coefficient (Wildman–Crippen LogP) is 2.95. The maximum atomic E-state index is 12.9. The molecule has 3 aromatic rings. The first-order chi connectivity index (χ1) is 18.2. The van der Waals surface area contributed by atoms with E-state index >= 15 is 0 Å². The molecule has 1 aliphatic rings. The van der Waals surface area contributed by atoms with E-state index in [0.717, 1.165) is 23.8 Å². The first kappa shape index (κ1) is 26.1. The van der Waals surface area contributed by atoms with Crippen LogP contribution in [-0.4, -0.2) is 78.4 Å². The molecule has 0 spiro atoms. The summed E-state index contributed by atoms with van der Waals surface area (Å²) in [4.78, 5) is 37.2. The average molecular weight is 524 g/mol. The molecule has 1 aliphatic heterocycles. The van der Waals surface area contributed by atoms with Crippen LogP contribution in [-0.2, 0) is 0 Å². The molecule has 2 heterocycles. The van der Waals surface area contributed by atoms with Crippen molar-refractivity contribution in [2.75, 3.05) is 52.4 Å². The van der Waals surface area contributed by atoms with Gasteiger partial charge in [-0.1, -0.05) is 0 Å². The van der Waals surface area contributed by atoms with E-state index in [2.05, 4.69) is 10.2 Å².